The second-order valence-electron chi connectivity index (χ2n) is 7.75. The quantitative estimate of drug-likeness (QED) is 0.144. The van der Waals surface area contributed by atoms with Crippen molar-refractivity contribution >= 4 is 15.6 Å². The predicted molar refractivity (Wildman–Crippen MR) is 109 cm³/mol. The number of aromatic amines is 1. The van der Waals surface area contributed by atoms with E-state index in [0.29, 0.717) is 0 Å². The summed E-state index contributed by atoms with van der Waals surface area (Å²) >= 11 is 0. The number of nitrogens with zero attached hydrogens (tertiary/aromatic N) is 1. The van der Waals surface area contributed by atoms with Gasteiger partial charge in [0.1, 0.15) is 24.4 Å². The summed E-state index contributed by atoms with van der Waals surface area (Å²) in [6.45, 7) is 0.350. The fraction of sp³-hybridized carbons (Fsp3) is 0.733. The van der Waals surface area contributed by atoms with Crippen LogP contribution in [0, 0.1) is 0 Å². The van der Waals surface area contributed by atoms with Crippen LogP contribution in [0.3, 0.4) is 0 Å². The van der Waals surface area contributed by atoms with Gasteiger partial charge in [0, 0.05) is 12.3 Å². The zero-order valence-corrected chi connectivity index (χ0v) is 19.6. The number of ether oxygens (including phenoxy) is 2. The Hall–Kier alpha value is -1.34. The molecule has 2 aliphatic rings. The Bertz CT molecular complexity index is 1110. The second-order valence-corrected chi connectivity index (χ2v) is 10.7. The van der Waals surface area contributed by atoms with Gasteiger partial charge in [-0.1, -0.05) is 0 Å². The molecule has 2 saturated heterocycles. The SMILES string of the molecule is C[C@H]1O[C@H](OP(=O)(O)OP(=O)(O)OC[C@H]2O[C@@H](n3ccc(=O)[nH]c3=O)[C@H](O)[C@@H]2O)[C@H](O)[C@@H](N)[C@@H]1O. The van der Waals surface area contributed by atoms with E-state index in [2.05, 4.69) is 13.4 Å². The first kappa shape index (κ1) is 28.2. The molecule has 200 valence electrons. The Balaban J connectivity index is 1.61. The molecule has 0 radical (unpaired) electrons. The maximum absolute atomic E-state index is 12.2. The van der Waals surface area contributed by atoms with Crippen LogP contribution >= 0.6 is 15.6 Å². The van der Waals surface area contributed by atoms with Crippen molar-refractivity contribution in [3.63, 3.8) is 0 Å². The highest BCUT2D eigenvalue weighted by Crippen LogP contribution is 2.61. The number of phosphoric ester groups is 2. The van der Waals surface area contributed by atoms with Crippen LogP contribution in [0.15, 0.2) is 21.9 Å². The van der Waals surface area contributed by atoms with Gasteiger partial charge in [-0.05, 0) is 6.92 Å². The van der Waals surface area contributed by atoms with Crippen molar-refractivity contribution in [3.05, 3.63) is 33.1 Å². The molecule has 1 aromatic rings. The topological polar surface area (TPSA) is 283 Å². The normalized spacial score (nSPS) is 39.1. The van der Waals surface area contributed by atoms with E-state index in [0.717, 1.165) is 16.8 Å². The van der Waals surface area contributed by atoms with Crippen molar-refractivity contribution in [2.45, 2.75) is 62.1 Å². The number of nitrogens with one attached hydrogen (secondary N) is 1. The van der Waals surface area contributed by atoms with Gasteiger partial charge in [0.2, 0.25) is 0 Å². The van der Waals surface area contributed by atoms with Crippen molar-refractivity contribution in [2.24, 2.45) is 5.73 Å². The van der Waals surface area contributed by atoms with Gasteiger partial charge in [-0.2, -0.15) is 4.31 Å². The van der Waals surface area contributed by atoms with Gasteiger partial charge >= 0.3 is 21.3 Å². The molecular weight excluding hydrogens is 524 g/mol. The Morgan fingerprint density at radius 3 is 2.34 bits per heavy atom. The molecule has 0 aromatic carbocycles. The first-order chi connectivity index (χ1) is 16.1. The molecule has 2 unspecified atom stereocenters. The van der Waals surface area contributed by atoms with Crippen molar-refractivity contribution in [1.29, 1.82) is 0 Å². The lowest BCUT2D eigenvalue weighted by Crippen LogP contribution is -2.60. The molecule has 11 atom stereocenters. The highest BCUT2D eigenvalue weighted by atomic mass is 31.3. The van der Waals surface area contributed by atoms with E-state index < -0.39 is 88.7 Å². The molecule has 18 nitrogen and oxygen atoms in total. The van der Waals surface area contributed by atoms with Crippen molar-refractivity contribution < 1.29 is 62.2 Å². The van der Waals surface area contributed by atoms with Crippen LogP contribution in [0.4, 0.5) is 0 Å². The Kier molecular flexibility index (Phi) is 8.52. The average molecular weight is 549 g/mol. The number of phosphoric acid groups is 2. The first-order valence-corrected chi connectivity index (χ1v) is 12.9. The molecule has 0 bridgehead atoms. The van der Waals surface area contributed by atoms with E-state index in [-0.39, 0.29) is 0 Å². The van der Waals surface area contributed by atoms with E-state index in [1.165, 1.54) is 6.92 Å². The molecule has 3 heterocycles. The molecule has 0 aliphatic carbocycles. The van der Waals surface area contributed by atoms with Gasteiger partial charge < -0.3 is 45.4 Å². The minimum atomic E-state index is -5.44. The number of hydrogen-bond acceptors (Lipinski definition) is 14. The summed E-state index contributed by atoms with van der Waals surface area (Å²) in [5.41, 5.74) is 3.86. The maximum atomic E-state index is 12.2. The predicted octanol–water partition coefficient (Wildman–Crippen LogP) is -3.80. The standard InChI is InChI=1S/C15H25N3O15P2/c1-5-9(20)8(16)11(22)14(30-5)32-35(27,28)33-34(25,26)29-4-6-10(21)12(23)13(31-6)18-3-2-7(19)17-15(18)24/h2-3,5-6,8-14,20-23H,4,16H2,1H3,(H,25,26)(H,27,28)(H,17,19,24)/t5-,6-,8+,9-,10-,11-,12-,13-,14-/m1/s1. The summed E-state index contributed by atoms with van der Waals surface area (Å²) in [5, 5.41) is 39.9. The van der Waals surface area contributed by atoms with E-state index in [4.69, 9.17) is 15.2 Å². The summed E-state index contributed by atoms with van der Waals surface area (Å²) < 4.78 is 48.6. The zero-order valence-electron chi connectivity index (χ0n) is 17.8. The molecule has 9 N–H and O–H groups in total. The minimum Gasteiger partial charge on any atom is -0.389 e. The fourth-order valence-electron chi connectivity index (χ4n) is 3.35. The molecular formula is C15H25N3O15P2. The largest absolute Gasteiger partial charge is 0.483 e. The zero-order chi connectivity index (χ0) is 26.3. The highest BCUT2D eigenvalue weighted by molar-refractivity contribution is 7.61. The van der Waals surface area contributed by atoms with Gasteiger partial charge in [-0.25, -0.2) is 13.9 Å². The summed E-state index contributed by atoms with van der Waals surface area (Å²) in [6, 6.07) is -0.389. The summed E-state index contributed by atoms with van der Waals surface area (Å²) in [6.07, 6.45) is -11.6. The Morgan fingerprint density at radius 1 is 1.06 bits per heavy atom. The molecule has 0 saturated carbocycles. The van der Waals surface area contributed by atoms with E-state index in [1.54, 1.807) is 0 Å². The van der Waals surface area contributed by atoms with Gasteiger partial charge in [0.05, 0.1) is 24.9 Å². The number of rotatable bonds is 8. The van der Waals surface area contributed by atoms with Crippen LogP contribution in [-0.4, -0.2) is 95.3 Å². The lowest BCUT2D eigenvalue weighted by molar-refractivity contribution is -0.240. The Labute approximate surface area is 195 Å². The van der Waals surface area contributed by atoms with Crippen LogP contribution in [0.5, 0.6) is 0 Å². The van der Waals surface area contributed by atoms with Crippen LogP contribution in [0.25, 0.3) is 0 Å². The number of nitrogens with two attached hydrogens (primary N) is 1. The molecule has 35 heavy (non-hydrogen) atoms. The summed E-state index contributed by atoms with van der Waals surface area (Å²) in [7, 11) is -10.8. The van der Waals surface area contributed by atoms with Crippen LogP contribution < -0.4 is 17.0 Å². The summed E-state index contributed by atoms with van der Waals surface area (Å²) in [4.78, 5) is 44.6. The van der Waals surface area contributed by atoms with Gasteiger partial charge in [-0.3, -0.25) is 23.4 Å². The summed E-state index contributed by atoms with van der Waals surface area (Å²) in [5.74, 6) is 0. The van der Waals surface area contributed by atoms with Crippen LogP contribution in [-0.2, 0) is 32.0 Å². The fourth-order valence-corrected chi connectivity index (χ4v) is 5.51. The smallest absolute Gasteiger partial charge is 0.389 e. The van der Waals surface area contributed by atoms with Crippen molar-refractivity contribution in [1.82, 2.24) is 9.55 Å². The molecule has 2 aliphatic heterocycles. The number of hydrogen-bond donors (Lipinski definition) is 8. The number of aromatic nitrogens is 2. The van der Waals surface area contributed by atoms with E-state index in [9.17, 15) is 48.9 Å². The third kappa shape index (κ3) is 6.51. The van der Waals surface area contributed by atoms with Gasteiger partial charge in [-0.15, -0.1) is 0 Å². The maximum Gasteiger partial charge on any atom is 0.483 e. The third-order valence-electron chi connectivity index (χ3n) is 5.21. The van der Waals surface area contributed by atoms with Gasteiger partial charge in [0.15, 0.2) is 12.5 Å². The molecule has 3 rings (SSSR count). The second kappa shape index (κ2) is 10.6. The highest BCUT2D eigenvalue weighted by Gasteiger charge is 2.48. The average Bonchev–Trinajstić information content (AvgIpc) is 3.02. The van der Waals surface area contributed by atoms with Crippen LogP contribution in [0.1, 0.15) is 13.2 Å². The molecule has 1 aromatic heterocycles. The van der Waals surface area contributed by atoms with Crippen molar-refractivity contribution in [2.75, 3.05) is 6.61 Å². The number of aliphatic hydroxyl groups excluding tert-OH is 4. The third-order valence-corrected chi connectivity index (χ3v) is 7.81. The number of H-pyrrole nitrogens is 1. The lowest BCUT2D eigenvalue weighted by atomic mass is 9.98. The number of aliphatic hydroxyl groups is 4. The lowest BCUT2D eigenvalue weighted by Gasteiger charge is -2.39. The van der Waals surface area contributed by atoms with Crippen molar-refractivity contribution in [3.8, 4) is 0 Å². The van der Waals surface area contributed by atoms with E-state index >= 15 is 0 Å². The van der Waals surface area contributed by atoms with Gasteiger partial charge in [0.25, 0.3) is 5.56 Å². The first-order valence-electron chi connectivity index (χ1n) is 9.92. The molecule has 2 fully saturated rings. The monoisotopic (exact) mass is 549 g/mol. The van der Waals surface area contributed by atoms with E-state index in [1.807, 2.05) is 4.98 Å². The molecule has 0 amide bonds. The van der Waals surface area contributed by atoms with Crippen LogP contribution in [0.2, 0.25) is 0 Å². The Morgan fingerprint density at radius 2 is 1.71 bits per heavy atom. The minimum absolute atomic E-state index is 0.730. The molecule has 20 heteroatoms. The molecule has 0 spiro atoms.